The van der Waals surface area contributed by atoms with Gasteiger partial charge in [-0.2, -0.15) is 0 Å². The van der Waals surface area contributed by atoms with Crippen molar-refractivity contribution >= 4 is 26.8 Å². The van der Waals surface area contributed by atoms with Gasteiger partial charge in [-0.25, -0.2) is 21.9 Å². The molecule has 0 atom stereocenters. The van der Waals surface area contributed by atoms with Gasteiger partial charge in [0.15, 0.2) is 0 Å². The zero-order valence-electron chi connectivity index (χ0n) is 19.6. The van der Waals surface area contributed by atoms with Crippen LogP contribution in [-0.4, -0.2) is 29.1 Å². The lowest BCUT2D eigenvalue weighted by atomic mass is 10.0. The first-order valence-electron chi connectivity index (χ1n) is 11.4. The minimum atomic E-state index is -3.95. The maximum atomic E-state index is 14.8. The van der Waals surface area contributed by atoms with Gasteiger partial charge in [0.25, 0.3) is 11.5 Å². The van der Waals surface area contributed by atoms with Crippen LogP contribution in [0.5, 0.6) is 0 Å². The molecule has 0 unspecified atom stereocenters. The van der Waals surface area contributed by atoms with Gasteiger partial charge in [-0.1, -0.05) is 17.7 Å². The molecule has 2 aromatic heterocycles. The van der Waals surface area contributed by atoms with Gasteiger partial charge < -0.3 is 9.55 Å². The Morgan fingerprint density at radius 3 is 2.56 bits per heavy atom. The molecule has 1 aliphatic rings. The van der Waals surface area contributed by atoms with E-state index in [0.29, 0.717) is 18.2 Å². The Balaban J connectivity index is 1.84. The number of aromatic nitrogens is 2. The minimum Gasteiger partial charge on any atom is -0.331 e. The van der Waals surface area contributed by atoms with Crippen LogP contribution < -0.4 is 10.3 Å². The summed E-state index contributed by atoms with van der Waals surface area (Å²) in [7, 11) is -3.95. The summed E-state index contributed by atoms with van der Waals surface area (Å²) in [5.74, 6) is -2.06. The van der Waals surface area contributed by atoms with Crippen LogP contribution in [-0.2, 0) is 16.6 Å². The topological polar surface area (TPSA) is 101 Å². The molecule has 0 saturated heterocycles. The molecule has 0 spiro atoms. The van der Waals surface area contributed by atoms with Crippen LogP contribution in [0.25, 0.3) is 22.0 Å². The Bertz CT molecular complexity index is 1700. The standard InChI is InChI=1S/C26H23F2N3O4S/c1-14-5-8-20(27)16(10-14)13-31-22-12-21(28)15(2)11-19(22)23(18-4-3-9-29-25(18)32)24(31)26(33)30-36(34,35)17-6-7-17/h3-5,8-12,17H,6-7,13H2,1-2H3,(H,29,32)(H,30,33). The molecule has 1 fully saturated rings. The van der Waals surface area contributed by atoms with Gasteiger partial charge in [-0.15, -0.1) is 0 Å². The molecule has 36 heavy (non-hydrogen) atoms. The van der Waals surface area contributed by atoms with Crippen molar-refractivity contribution < 1.29 is 22.0 Å². The Labute approximate surface area is 205 Å². The molecule has 2 N–H and O–H groups in total. The highest BCUT2D eigenvalue weighted by Crippen LogP contribution is 2.36. The van der Waals surface area contributed by atoms with Crippen LogP contribution in [0.3, 0.4) is 0 Å². The zero-order chi connectivity index (χ0) is 25.8. The molecule has 1 aliphatic carbocycles. The van der Waals surface area contributed by atoms with E-state index in [2.05, 4.69) is 9.71 Å². The number of nitrogens with zero attached hydrogens (tertiary/aromatic N) is 1. The van der Waals surface area contributed by atoms with Crippen LogP contribution in [0.4, 0.5) is 8.78 Å². The van der Waals surface area contributed by atoms with Crippen molar-refractivity contribution in [1.82, 2.24) is 14.3 Å². The average Bonchev–Trinajstić information content (AvgIpc) is 3.63. The maximum Gasteiger partial charge on any atom is 0.282 e. The van der Waals surface area contributed by atoms with Gasteiger partial charge in [0, 0.05) is 28.3 Å². The van der Waals surface area contributed by atoms with Crippen molar-refractivity contribution in [2.45, 2.75) is 38.5 Å². The van der Waals surface area contributed by atoms with Crippen molar-refractivity contribution in [1.29, 1.82) is 0 Å². The predicted octanol–water partition coefficient (Wildman–Crippen LogP) is 4.16. The Morgan fingerprint density at radius 2 is 1.86 bits per heavy atom. The first-order chi connectivity index (χ1) is 17.1. The van der Waals surface area contributed by atoms with Gasteiger partial charge in [-0.05, 0) is 62.6 Å². The first kappa shape index (κ1) is 23.9. The number of rotatable bonds is 6. The maximum absolute atomic E-state index is 14.8. The number of aromatic amines is 1. The number of nitrogens with one attached hydrogen (secondary N) is 2. The molecule has 5 rings (SSSR count). The third kappa shape index (κ3) is 4.21. The number of carbonyl (C=O) groups excluding carboxylic acids is 1. The highest BCUT2D eigenvalue weighted by Gasteiger charge is 2.38. The summed E-state index contributed by atoms with van der Waals surface area (Å²) in [6, 6.07) is 10.3. The molecule has 7 nitrogen and oxygen atoms in total. The number of hydrogen-bond acceptors (Lipinski definition) is 4. The molecule has 1 saturated carbocycles. The monoisotopic (exact) mass is 511 g/mol. The van der Waals surface area contributed by atoms with Crippen LogP contribution >= 0.6 is 0 Å². The second-order valence-corrected chi connectivity index (χ2v) is 11.1. The fourth-order valence-corrected chi connectivity index (χ4v) is 5.68. The van der Waals surface area contributed by atoms with E-state index in [4.69, 9.17) is 0 Å². The smallest absolute Gasteiger partial charge is 0.282 e. The van der Waals surface area contributed by atoms with E-state index in [1.807, 2.05) is 0 Å². The second-order valence-electron chi connectivity index (χ2n) is 9.11. The van der Waals surface area contributed by atoms with Crippen LogP contribution in [0.15, 0.2) is 53.5 Å². The first-order valence-corrected chi connectivity index (χ1v) is 12.9. The third-order valence-electron chi connectivity index (χ3n) is 6.37. The quantitative estimate of drug-likeness (QED) is 0.406. The summed E-state index contributed by atoms with van der Waals surface area (Å²) in [4.78, 5) is 29.0. The molecular formula is C26H23F2N3O4S. The van der Waals surface area contributed by atoms with Crippen molar-refractivity contribution in [3.8, 4) is 11.1 Å². The highest BCUT2D eigenvalue weighted by molar-refractivity contribution is 7.91. The van der Waals surface area contributed by atoms with E-state index in [1.165, 1.54) is 35.0 Å². The summed E-state index contributed by atoms with van der Waals surface area (Å²) < 4.78 is 58.3. The number of aryl methyl sites for hydroxylation is 2. The molecule has 0 aliphatic heterocycles. The SMILES string of the molecule is Cc1ccc(F)c(Cn2c(C(=O)NS(=O)(=O)C3CC3)c(-c3ccc[nH]c3=O)c3cc(C)c(F)cc32)c1. The van der Waals surface area contributed by atoms with Crippen LogP contribution in [0, 0.1) is 25.5 Å². The number of sulfonamides is 1. The zero-order valence-corrected chi connectivity index (χ0v) is 20.4. The normalized spacial score (nSPS) is 13.8. The Kier molecular flexibility index (Phi) is 5.78. The fourth-order valence-electron chi connectivity index (χ4n) is 4.40. The molecule has 1 amide bonds. The lowest BCUT2D eigenvalue weighted by molar-refractivity contribution is 0.0973. The molecular weight excluding hydrogens is 488 g/mol. The number of halogens is 2. The van der Waals surface area contributed by atoms with Crippen LogP contribution in [0.1, 0.15) is 40.0 Å². The number of pyridine rings is 1. The summed E-state index contributed by atoms with van der Waals surface area (Å²) in [5.41, 5.74) is 1.06. The third-order valence-corrected chi connectivity index (χ3v) is 8.19. The lowest BCUT2D eigenvalue weighted by Crippen LogP contribution is -2.35. The average molecular weight is 512 g/mol. The minimum absolute atomic E-state index is 0.103. The van der Waals surface area contributed by atoms with E-state index >= 15 is 0 Å². The number of hydrogen-bond donors (Lipinski definition) is 2. The largest absolute Gasteiger partial charge is 0.331 e. The van der Waals surface area contributed by atoms with E-state index < -0.39 is 38.4 Å². The van der Waals surface area contributed by atoms with Crippen molar-refractivity contribution in [2.24, 2.45) is 0 Å². The number of carbonyl (C=O) groups is 1. The van der Waals surface area contributed by atoms with Crippen molar-refractivity contribution in [3.05, 3.63) is 93.0 Å². The van der Waals surface area contributed by atoms with Gasteiger partial charge in [-0.3, -0.25) is 9.59 Å². The Morgan fingerprint density at radius 1 is 1.11 bits per heavy atom. The van der Waals surface area contributed by atoms with Crippen molar-refractivity contribution in [2.75, 3.05) is 0 Å². The van der Waals surface area contributed by atoms with Crippen molar-refractivity contribution in [3.63, 3.8) is 0 Å². The van der Waals surface area contributed by atoms with E-state index in [9.17, 15) is 26.8 Å². The van der Waals surface area contributed by atoms with Gasteiger partial charge in [0.1, 0.15) is 17.3 Å². The molecule has 0 radical (unpaired) electrons. The summed E-state index contributed by atoms with van der Waals surface area (Å²) in [5, 5.41) is -0.301. The van der Waals surface area contributed by atoms with E-state index in [1.54, 1.807) is 32.0 Å². The highest BCUT2D eigenvalue weighted by atomic mass is 32.2. The number of amides is 1. The number of H-pyrrole nitrogens is 1. The van der Waals surface area contributed by atoms with Gasteiger partial charge in [0.2, 0.25) is 10.0 Å². The molecule has 4 aromatic rings. The van der Waals surface area contributed by atoms with Gasteiger partial charge >= 0.3 is 0 Å². The summed E-state index contributed by atoms with van der Waals surface area (Å²) in [6.45, 7) is 3.14. The van der Waals surface area contributed by atoms with E-state index in [-0.39, 0.29) is 40.0 Å². The molecule has 2 aromatic carbocycles. The summed E-state index contributed by atoms with van der Waals surface area (Å²) in [6.07, 6.45) is 2.31. The summed E-state index contributed by atoms with van der Waals surface area (Å²) >= 11 is 0. The molecule has 186 valence electrons. The Hall–Kier alpha value is -3.79. The molecule has 0 bridgehead atoms. The second kappa shape index (κ2) is 8.70. The number of fused-ring (bicyclic) bond motifs is 1. The predicted molar refractivity (Wildman–Crippen MR) is 132 cm³/mol. The number of benzene rings is 2. The van der Waals surface area contributed by atoms with Gasteiger partial charge in [0.05, 0.1) is 17.3 Å². The fraction of sp³-hybridized carbons (Fsp3) is 0.231. The van der Waals surface area contributed by atoms with E-state index in [0.717, 1.165) is 5.56 Å². The lowest BCUT2D eigenvalue weighted by Gasteiger charge is -2.14. The van der Waals surface area contributed by atoms with Crippen LogP contribution in [0.2, 0.25) is 0 Å². The molecule has 10 heteroatoms. The molecule has 2 heterocycles.